The predicted molar refractivity (Wildman–Crippen MR) is 93.0 cm³/mol. The largest absolute Gasteiger partial charge is 0.490 e. The Morgan fingerprint density at radius 3 is 2.78 bits per heavy atom. The molecule has 0 unspecified atom stereocenters. The van der Waals surface area contributed by atoms with Gasteiger partial charge in [-0.2, -0.15) is 5.10 Å². The van der Waals surface area contributed by atoms with Gasteiger partial charge in [-0.15, -0.1) is 0 Å². The number of benzene rings is 2. The summed E-state index contributed by atoms with van der Waals surface area (Å²) in [6.07, 6.45) is 3.50. The molecule has 0 radical (unpaired) electrons. The van der Waals surface area contributed by atoms with E-state index in [0.717, 1.165) is 16.9 Å². The highest BCUT2D eigenvalue weighted by Gasteiger charge is 2.02. The highest BCUT2D eigenvalue weighted by Crippen LogP contribution is 2.12. The van der Waals surface area contributed by atoms with Gasteiger partial charge in [-0.25, -0.2) is 5.43 Å². The summed E-state index contributed by atoms with van der Waals surface area (Å²) in [5.41, 5.74) is 4.21. The first-order chi connectivity index (χ1) is 11.2. The molecule has 2 aromatic rings. The van der Waals surface area contributed by atoms with E-state index in [1.165, 1.54) is 0 Å². The molecule has 0 saturated carbocycles. The lowest BCUT2D eigenvalue weighted by Gasteiger charge is -2.03. The Hall–Kier alpha value is -2.59. The highest BCUT2D eigenvalue weighted by molar-refractivity contribution is 6.30. The second-order valence-corrected chi connectivity index (χ2v) is 5.21. The van der Waals surface area contributed by atoms with Crippen LogP contribution in [0, 0.1) is 0 Å². The van der Waals surface area contributed by atoms with Gasteiger partial charge in [-0.1, -0.05) is 48.5 Å². The quantitative estimate of drug-likeness (QED) is 0.479. The number of rotatable bonds is 7. The second kappa shape index (κ2) is 8.76. The smallest absolute Gasteiger partial charge is 0.244 e. The van der Waals surface area contributed by atoms with Crippen molar-refractivity contribution in [3.63, 3.8) is 0 Å². The minimum atomic E-state index is -0.192. The van der Waals surface area contributed by atoms with Crippen molar-refractivity contribution in [3.05, 3.63) is 77.3 Å². The summed E-state index contributed by atoms with van der Waals surface area (Å²) in [7, 11) is 0. The third kappa shape index (κ3) is 5.96. The standard InChI is InChI=1S/C18H17ClN2O2/c1-2-10-23-17-5-3-4-15(11-17)13-20-21-18(22)12-14-6-8-16(19)9-7-14/h2-9,11,13H,1,10,12H2,(H,21,22)/b20-13-. The summed E-state index contributed by atoms with van der Waals surface area (Å²) in [5, 5.41) is 4.59. The van der Waals surface area contributed by atoms with E-state index in [0.29, 0.717) is 11.6 Å². The van der Waals surface area contributed by atoms with Crippen molar-refractivity contribution in [2.24, 2.45) is 5.10 Å². The molecule has 23 heavy (non-hydrogen) atoms. The average Bonchev–Trinajstić information content (AvgIpc) is 2.55. The maximum Gasteiger partial charge on any atom is 0.244 e. The van der Waals surface area contributed by atoms with Crippen LogP contribution < -0.4 is 10.2 Å². The summed E-state index contributed by atoms with van der Waals surface area (Å²) in [5.74, 6) is 0.531. The van der Waals surface area contributed by atoms with E-state index in [1.54, 1.807) is 24.4 Å². The zero-order valence-electron chi connectivity index (χ0n) is 12.5. The molecular weight excluding hydrogens is 312 g/mol. The first-order valence-electron chi connectivity index (χ1n) is 7.07. The molecule has 0 fully saturated rings. The molecule has 0 saturated heterocycles. The number of ether oxygens (including phenoxy) is 1. The Bertz CT molecular complexity index is 696. The van der Waals surface area contributed by atoms with Crippen LogP contribution in [0.3, 0.4) is 0 Å². The van der Waals surface area contributed by atoms with Crippen LogP contribution in [0.4, 0.5) is 0 Å². The number of nitrogens with zero attached hydrogens (tertiary/aromatic N) is 1. The summed E-state index contributed by atoms with van der Waals surface area (Å²) < 4.78 is 5.43. The highest BCUT2D eigenvalue weighted by atomic mass is 35.5. The summed E-state index contributed by atoms with van der Waals surface area (Å²) in [6, 6.07) is 14.5. The van der Waals surface area contributed by atoms with Gasteiger partial charge in [0, 0.05) is 5.02 Å². The van der Waals surface area contributed by atoms with Crippen LogP contribution >= 0.6 is 11.6 Å². The van der Waals surface area contributed by atoms with Crippen LogP contribution in [-0.2, 0) is 11.2 Å². The van der Waals surface area contributed by atoms with E-state index in [4.69, 9.17) is 16.3 Å². The number of hydrogen-bond acceptors (Lipinski definition) is 3. The van der Waals surface area contributed by atoms with Crippen LogP contribution in [0.5, 0.6) is 5.75 Å². The number of carbonyl (C=O) groups is 1. The zero-order valence-corrected chi connectivity index (χ0v) is 13.3. The monoisotopic (exact) mass is 328 g/mol. The molecule has 0 atom stereocenters. The Labute approximate surface area is 140 Å². The zero-order chi connectivity index (χ0) is 16.5. The lowest BCUT2D eigenvalue weighted by Crippen LogP contribution is -2.19. The van der Waals surface area contributed by atoms with E-state index in [2.05, 4.69) is 17.1 Å². The number of halogens is 1. The van der Waals surface area contributed by atoms with Gasteiger partial charge in [0.05, 0.1) is 12.6 Å². The molecule has 1 N–H and O–H groups in total. The SMILES string of the molecule is C=CCOc1cccc(/C=N\NC(=O)Cc2ccc(Cl)cc2)c1. The third-order valence-corrected chi connectivity index (χ3v) is 3.16. The molecule has 4 nitrogen and oxygen atoms in total. The van der Waals surface area contributed by atoms with Crippen molar-refractivity contribution >= 4 is 23.7 Å². The summed E-state index contributed by atoms with van der Waals surface area (Å²) in [4.78, 5) is 11.8. The van der Waals surface area contributed by atoms with Crippen LogP contribution in [0.15, 0.2) is 66.3 Å². The number of nitrogens with one attached hydrogen (secondary N) is 1. The topological polar surface area (TPSA) is 50.7 Å². The molecule has 0 spiro atoms. The maximum atomic E-state index is 11.8. The van der Waals surface area contributed by atoms with Crippen molar-refractivity contribution in [3.8, 4) is 5.75 Å². The molecule has 2 aromatic carbocycles. The lowest BCUT2D eigenvalue weighted by molar-refractivity contribution is -0.120. The van der Waals surface area contributed by atoms with Gasteiger partial charge in [-0.3, -0.25) is 4.79 Å². The Balaban J connectivity index is 1.86. The van der Waals surface area contributed by atoms with E-state index >= 15 is 0 Å². The number of hydrazone groups is 1. The van der Waals surface area contributed by atoms with Crippen molar-refractivity contribution in [1.29, 1.82) is 0 Å². The van der Waals surface area contributed by atoms with Gasteiger partial charge in [0.1, 0.15) is 12.4 Å². The molecular formula is C18H17ClN2O2. The van der Waals surface area contributed by atoms with Crippen LogP contribution in [0.2, 0.25) is 5.02 Å². The first kappa shape index (κ1) is 16.8. The molecule has 5 heteroatoms. The normalized spacial score (nSPS) is 10.5. The minimum Gasteiger partial charge on any atom is -0.490 e. The Morgan fingerprint density at radius 2 is 2.04 bits per heavy atom. The first-order valence-corrected chi connectivity index (χ1v) is 7.45. The van der Waals surface area contributed by atoms with Crippen molar-refractivity contribution in [2.45, 2.75) is 6.42 Å². The van der Waals surface area contributed by atoms with E-state index < -0.39 is 0 Å². The predicted octanol–water partition coefficient (Wildman–Crippen LogP) is 3.60. The fourth-order valence-corrected chi connectivity index (χ4v) is 1.97. The number of carbonyl (C=O) groups excluding carboxylic acids is 1. The van der Waals surface area contributed by atoms with Crippen LogP contribution in [-0.4, -0.2) is 18.7 Å². The molecule has 0 aromatic heterocycles. The van der Waals surface area contributed by atoms with Gasteiger partial charge in [0.15, 0.2) is 0 Å². The Morgan fingerprint density at radius 1 is 1.26 bits per heavy atom. The molecule has 0 aliphatic heterocycles. The number of amides is 1. The van der Waals surface area contributed by atoms with Gasteiger partial charge < -0.3 is 4.74 Å². The van der Waals surface area contributed by atoms with E-state index in [1.807, 2.05) is 36.4 Å². The lowest BCUT2D eigenvalue weighted by atomic mass is 10.1. The van der Waals surface area contributed by atoms with Gasteiger partial charge in [0.2, 0.25) is 5.91 Å². The van der Waals surface area contributed by atoms with Crippen molar-refractivity contribution in [1.82, 2.24) is 5.43 Å². The molecule has 2 rings (SSSR count). The van der Waals surface area contributed by atoms with E-state index in [9.17, 15) is 4.79 Å². The summed E-state index contributed by atoms with van der Waals surface area (Å²) in [6.45, 7) is 4.04. The van der Waals surface area contributed by atoms with Gasteiger partial charge in [0.25, 0.3) is 0 Å². The average molecular weight is 329 g/mol. The van der Waals surface area contributed by atoms with Crippen LogP contribution in [0.25, 0.3) is 0 Å². The molecule has 0 aliphatic rings. The molecule has 1 amide bonds. The fraction of sp³-hybridized carbons (Fsp3) is 0.111. The van der Waals surface area contributed by atoms with E-state index in [-0.39, 0.29) is 12.3 Å². The number of hydrogen-bond donors (Lipinski definition) is 1. The second-order valence-electron chi connectivity index (χ2n) is 4.77. The maximum absolute atomic E-state index is 11.8. The fourth-order valence-electron chi connectivity index (χ4n) is 1.85. The molecule has 0 heterocycles. The van der Waals surface area contributed by atoms with Crippen LogP contribution in [0.1, 0.15) is 11.1 Å². The third-order valence-electron chi connectivity index (χ3n) is 2.91. The minimum absolute atomic E-state index is 0.192. The van der Waals surface area contributed by atoms with Crippen molar-refractivity contribution in [2.75, 3.05) is 6.61 Å². The van der Waals surface area contributed by atoms with Gasteiger partial charge >= 0.3 is 0 Å². The molecule has 0 aliphatic carbocycles. The Kier molecular flexibility index (Phi) is 6.39. The summed E-state index contributed by atoms with van der Waals surface area (Å²) >= 11 is 5.80. The van der Waals surface area contributed by atoms with Crippen molar-refractivity contribution < 1.29 is 9.53 Å². The van der Waals surface area contributed by atoms with Gasteiger partial charge in [-0.05, 0) is 35.4 Å². The molecule has 0 bridgehead atoms. The molecule has 118 valence electrons.